The van der Waals surface area contributed by atoms with E-state index in [4.69, 9.17) is 23.2 Å². The van der Waals surface area contributed by atoms with Crippen LogP contribution in [0.25, 0.3) is 16.4 Å². The average molecular weight is 322 g/mol. The summed E-state index contributed by atoms with van der Waals surface area (Å²) < 4.78 is 1.54. The fourth-order valence-electron chi connectivity index (χ4n) is 2.26. The zero-order chi connectivity index (χ0) is 15.4. The van der Waals surface area contributed by atoms with E-state index in [9.17, 15) is 4.79 Å². The van der Waals surface area contributed by atoms with Crippen molar-refractivity contribution in [3.8, 4) is 0 Å². The van der Waals surface area contributed by atoms with Crippen LogP contribution in [0.5, 0.6) is 0 Å². The highest BCUT2D eigenvalue weighted by Crippen LogP contribution is 2.32. The molecule has 0 spiro atoms. The fourth-order valence-corrected chi connectivity index (χ4v) is 2.81. The van der Waals surface area contributed by atoms with E-state index in [1.54, 1.807) is 22.7 Å². The number of carbonyl (C=O) groups excluding carboxylic acids is 1. The molecule has 0 aliphatic rings. The summed E-state index contributed by atoms with van der Waals surface area (Å²) in [6.07, 6.45) is 1.42. The SMILES string of the molecule is CC(C)(C)C(=O)c1cc2c(Cl)cc(Cl)cc2c2ncnn12. The van der Waals surface area contributed by atoms with Gasteiger partial charge in [0.2, 0.25) is 0 Å². The van der Waals surface area contributed by atoms with Crippen molar-refractivity contribution in [2.24, 2.45) is 5.41 Å². The van der Waals surface area contributed by atoms with Crippen LogP contribution in [0.2, 0.25) is 10.0 Å². The Labute approximate surface area is 131 Å². The molecule has 3 rings (SSSR count). The minimum Gasteiger partial charge on any atom is -0.292 e. The Kier molecular flexibility index (Phi) is 3.19. The van der Waals surface area contributed by atoms with Crippen LogP contribution >= 0.6 is 23.2 Å². The van der Waals surface area contributed by atoms with Gasteiger partial charge in [0.25, 0.3) is 0 Å². The summed E-state index contributed by atoms with van der Waals surface area (Å²) in [6, 6.07) is 5.19. The number of benzene rings is 1. The first-order chi connectivity index (χ1) is 9.79. The lowest BCUT2D eigenvalue weighted by molar-refractivity contribution is 0.0850. The van der Waals surface area contributed by atoms with Crippen LogP contribution in [-0.4, -0.2) is 20.4 Å². The Morgan fingerprint density at radius 2 is 1.86 bits per heavy atom. The molecular weight excluding hydrogens is 309 g/mol. The van der Waals surface area contributed by atoms with Crippen LogP contribution < -0.4 is 0 Å². The van der Waals surface area contributed by atoms with Gasteiger partial charge in [0.15, 0.2) is 11.4 Å². The number of nitrogens with zero attached hydrogens (tertiary/aromatic N) is 3. The molecule has 2 aromatic heterocycles. The van der Waals surface area contributed by atoms with Crippen molar-refractivity contribution in [2.45, 2.75) is 20.8 Å². The number of ketones is 1. The molecule has 0 saturated heterocycles. The normalized spacial score (nSPS) is 12.2. The molecule has 1 aromatic carbocycles. The molecule has 21 heavy (non-hydrogen) atoms. The van der Waals surface area contributed by atoms with Gasteiger partial charge in [-0.25, -0.2) is 9.50 Å². The lowest BCUT2D eigenvalue weighted by Crippen LogP contribution is -2.23. The lowest BCUT2D eigenvalue weighted by atomic mass is 9.88. The third-order valence-corrected chi connectivity index (χ3v) is 3.84. The highest BCUT2D eigenvalue weighted by atomic mass is 35.5. The molecule has 108 valence electrons. The first-order valence-corrected chi connectivity index (χ1v) is 7.21. The van der Waals surface area contributed by atoms with Gasteiger partial charge in [-0.3, -0.25) is 4.79 Å². The van der Waals surface area contributed by atoms with Gasteiger partial charge in [-0.15, -0.1) is 0 Å². The Hall–Kier alpha value is -1.65. The number of hydrogen-bond acceptors (Lipinski definition) is 3. The van der Waals surface area contributed by atoms with Crippen LogP contribution in [0.1, 0.15) is 31.3 Å². The first kappa shape index (κ1) is 14.3. The van der Waals surface area contributed by atoms with E-state index in [1.165, 1.54) is 6.33 Å². The smallest absolute Gasteiger partial charge is 0.186 e. The van der Waals surface area contributed by atoms with Gasteiger partial charge in [0.05, 0.1) is 5.02 Å². The Bertz CT molecular complexity index is 878. The summed E-state index contributed by atoms with van der Waals surface area (Å²) in [4.78, 5) is 16.9. The molecule has 0 aliphatic heterocycles. The molecule has 0 saturated carbocycles. The van der Waals surface area contributed by atoms with Crippen molar-refractivity contribution in [1.29, 1.82) is 0 Å². The van der Waals surface area contributed by atoms with E-state index in [0.29, 0.717) is 21.4 Å². The average Bonchev–Trinajstić information content (AvgIpc) is 2.85. The summed E-state index contributed by atoms with van der Waals surface area (Å²) in [5.41, 5.74) is 0.516. The quantitative estimate of drug-likeness (QED) is 0.623. The molecule has 2 heterocycles. The third-order valence-electron chi connectivity index (χ3n) is 3.31. The van der Waals surface area contributed by atoms with Gasteiger partial charge < -0.3 is 0 Å². The van der Waals surface area contributed by atoms with Gasteiger partial charge in [0.1, 0.15) is 12.0 Å². The highest BCUT2D eigenvalue weighted by Gasteiger charge is 2.26. The summed E-state index contributed by atoms with van der Waals surface area (Å²) in [5, 5.41) is 6.69. The van der Waals surface area contributed by atoms with Crippen molar-refractivity contribution in [3.05, 3.63) is 40.3 Å². The molecule has 0 radical (unpaired) electrons. The second-order valence-electron chi connectivity index (χ2n) is 5.95. The lowest BCUT2D eigenvalue weighted by Gasteiger charge is -2.18. The standard InChI is InChI=1S/C15H13Cl2N3O/c1-15(2,3)13(21)12-6-9-10(4-8(16)5-11(9)17)14-18-7-19-20(12)14/h4-7H,1-3H3. The van der Waals surface area contributed by atoms with Gasteiger partial charge in [-0.2, -0.15) is 5.10 Å². The number of carbonyl (C=O) groups is 1. The zero-order valence-electron chi connectivity index (χ0n) is 11.8. The Morgan fingerprint density at radius 3 is 2.52 bits per heavy atom. The maximum absolute atomic E-state index is 12.6. The minimum atomic E-state index is -0.522. The number of hydrogen-bond donors (Lipinski definition) is 0. The molecular formula is C15H13Cl2N3O. The van der Waals surface area contributed by atoms with Crippen molar-refractivity contribution in [3.63, 3.8) is 0 Å². The number of rotatable bonds is 1. The van der Waals surface area contributed by atoms with Crippen molar-refractivity contribution < 1.29 is 4.79 Å². The minimum absolute atomic E-state index is 0.0223. The number of pyridine rings is 1. The molecule has 0 fully saturated rings. The summed E-state index contributed by atoms with van der Waals surface area (Å²) >= 11 is 12.3. The molecule has 4 nitrogen and oxygen atoms in total. The van der Waals surface area contributed by atoms with Crippen LogP contribution in [0.15, 0.2) is 24.5 Å². The zero-order valence-corrected chi connectivity index (χ0v) is 13.3. The maximum Gasteiger partial charge on any atom is 0.186 e. The van der Waals surface area contributed by atoms with E-state index in [2.05, 4.69) is 10.1 Å². The summed E-state index contributed by atoms with van der Waals surface area (Å²) in [5.74, 6) is -0.0223. The van der Waals surface area contributed by atoms with Crippen LogP contribution in [0, 0.1) is 5.41 Å². The predicted octanol–water partition coefficient (Wildman–Crippen LogP) is 4.42. The molecule has 0 N–H and O–H groups in total. The van der Waals surface area contributed by atoms with Gasteiger partial charge in [-0.1, -0.05) is 44.0 Å². The van der Waals surface area contributed by atoms with E-state index < -0.39 is 5.41 Å². The predicted molar refractivity (Wildman–Crippen MR) is 84.3 cm³/mol. The van der Waals surface area contributed by atoms with Crippen molar-refractivity contribution >= 4 is 45.4 Å². The second kappa shape index (κ2) is 4.68. The number of fused-ring (bicyclic) bond motifs is 3. The van der Waals surface area contributed by atoms with Gasteiger partial charge >= 0.3 is 0 Å². The van der Waals surface area contributed by atoms with Crippen LogP contribution in [0.3, 0.4) is 0 Å². The van der Waals surface area contributed by atoms with E-state index >= 15 is 0 Å². The topological polar surface area (TPSA) is 47.3 Å². The maximum atomic E-state index is 12.6. The largest absolute Gasteiger partial charge is 0.292 e. The van der Waals surface area contributed by atoms with Gasteiger partial charge in [-0.05, 0) is 18.2 Å². The summed E-state index contributed by atoms with van der Waals surface area (Å²) in [6.45, 7) is 5.60. The molecule has 0 bridgehead atoms. The van der Waals surface area contributed by atoms with Gasteiger partial charge in [0, 0.05) is 21.2 Å². The van der Waals surface area contributed by atoms with E-state index in [0.717, 1.165) is 10.8 Å². The monoisotopic (exact) mass is 321 g/mol. The molecule has 0 amide bonds. The van der Waals surface area contributed by atoms with Crippen molar-refractivity contribution in [2.75, 3.05) is 0 Å². The molecule has 0 atom stereocenters. The second-order valence-corrected chi connectivity index (χ2v) is 6.80. The Morgan fingerprint density at radius 1 is 1.14 bits per heavy atom. The van der Waals surface area contributed by atoms with Crippen LogP contribution in [-0.2, 0) is 0 Å². The highest BCUT2D eigenvalue weighted by molar-refractivity contribution is 6.39. The third kappa shape index (κ3) is 2.28. The molecule has 0 aliphatic carbocycles. The van der Waals surface area contributed by atoms with Crippen molar-refractivity contribution in [1.82, 2.24) is 14.6 Å². The van der Waals surface area contributed by atoms with E-state index in [1.807, 2.05) is 20.8 Å². The molecule has 0 unspecified atom stereocenters. The first-order valence-electron chi connectivity index (χ1n) is 6.45. The number of halogens is 2. The van der Waals surface area contributed by atoms with Crippen LogP contribution in [0.4, 0.5) is 0 Å². The van der Waals surface area contributed by atoms with E-state index in [-0.39, 0.29) is 5.78 Å². The number of aromatic nitrogens is 3. The molecule has 3 aromatic rings. The fraction of sp³-hybridized carbons (Fsp3) is 0.267. The molecule has 6 heteroatoms. The number of Topliss-reactive ketones (excluding diaryl/α,β-unsaturated/α-hetero) is 1. The Balaban J connectivity index is 2.45. The summed E-state index contributed by atoms with van der Waals surface area (Å²) in [7, 11) is 0.